The molecule has 0 spiro atoms. The molecule has 2 unspecified atom stereocenters. The second-order valence-corrected chi connectivity index (χ2v) is 7.53. The van der Waals surface area contributed by atoms with E-state index < -0.39 is 0 Å². The van der Waals surface area contributed by atoms with Gasteiger partial charge in [-0.15, -0.1) is 35.7 Å². The number of hydrogen-bond acceptors (Lipinski definition) is 3. The predicted molar refractivity (Wildman–Crippen MR) is 124 cm³/mol. The van der Waals surface area contributed by atoms with Crippen molar-refractivity contribution in [1.82, 2.24) is 16.0 Å². The molecule has 1 aromatic carbocycles. The number of hydrogen-bond donors (Lipinski definition) is 3. The van der Waals surface area contributed by atoms with Crippen LogP contribution in [0.1, 0.15) is 40.5 Å². The van der Waals surface area contributed by atoms with E-state index in [1.165, 1.54) is 4.90 Å². The van der Waals surface area contributed by atoms with Crippen LogP contribution in [0.25, 0.3) is 0 Å². The summed E-state index contributed by atoms with van der Waals surface area (Å²) in [4.78, 5) is 17.7. The number of guanidine groups is 1. The monoisotopic (exact) mass is 492 g/mol. The highest BCUT2D eigenvalue weighted by molar-refractivity contribution is 14.0. The lowest BCUT2D eigenvalue weighted by molar-refractivity contribution is -0.121. The van der Waals surface area contributed by atoms with Crippen LogP contribution in [0, 0.1) is 0 Å². The summed E-state index contributed by atoms with van der Waals surface area (Å²) in [7, 11) is 0. The Kier molecular flexibility index (Phi) is 14.6. The van der Waals surface area contributed by atoms with Gasteiger partial charge in [0.2, 0.25) is 5.91 Å². The largest absolute Gasteiger partial charge is 0.357 e. The first-order chi connectivity index (χ1) is 12.0. The van der Waals surface area contributed by atoms with Crippen LogP contribution in [0.3, 0.4) is 0 Å². The first kappa shape index (κ1) is 25.0. The van der Waals surface area contributed by atoms with Crippen molar-refractivity contribution in [2.45, 2.75) is 56.7 Å². The SMILES string of the molecule is CCNC(=NCC(C)Sc1ccccc1)NCCC(=O)NC(C)CC.I. The van der Waals surface area contributed by atoms with Crippen molar-refractivity contribution in [2.75, 3.05) is 19.6 Å². The smallest absolute Gasteiger partial charge is 0.221 e. The van der Waals surface area contributed by atoms with E-state index >= 15 is 0 Å². The van der Waals surface area contributed by atoms with E-state index in [4.69, 9.17) is 0 Å². The van der Waals surface area contributed by atoms with Gasteiger partial charge in [-0.2, -0.15) is 0 Å². The standard InChI is InChI=1S/C19H32N4OS.HI/c1-5-15(3)23-18(24)12-13-21-19(20-6-2)22-14-16(4)25-17-10-8-7-9-11-17;/h7-11,15-16H,5-6,12-14H2,1-4H3,(H,23,24)(H2,20,21,22);1H. The molecule has 0 fully saturated rings. The van der Waals surface area contributed by atoms with Gasteiger partial charge in [-0.05, 0) is 32.4 Å². The molecule has 0 bridgehead atoms. The summed E-state index contributed by atoms with van der Waals surface area (Å²) in [5.74, 6) is 0.838. The number of benzene rings is 1. The van der Waals surface area contributed by atoms with Crippen LogP contribution in [-0.2, 0) is 4.79 Å². The summed E-state index contributed by atoms with van der Waals surface area (Å²) in [5.41, 5.74) is 0. The minimum atomic E-state index is 0. The molecule has 3 N–H and O–H groups in total. The highest BCUT2D eigenvalue weighted by Crippen LogP contribution is 2.22. The van der Waals surface area contributed by atoms with Gasteiger partial charge in [-0.25, -0.2) is 0 Å². The number of halogens is 1. The van der Waals surface area contributed by atoms with Crippen LogP contribution < -0.4 is 16.0 Å². The fourth-order valence-corrected chi connectivity index (χ4v) is 3.00. The Hall–Kier alpha value is -0.960. The third kappa shape index (κ3) is 11.6. The Morgan fingerprint density at radius 1 is 1.15 bits per heavy atom. The number of thioether (sulfide) groups is 1. The normalized spacial score (nSPS) is 13.3. The van der Waals surface area contributed by atoms with Crippen LogP contribution in [0.2, 0.25) is 0 Å². The second kappa shape index (κ2) is 15.1. The highest BCUT2D eigenvalue weighted by atomic mass is 127. The molecule has 1 amide bonds. The number of carbonyl (C=O) groups excluding carboxylic acids is 1. The van der Waals surface area contributed by atoms with E-state index in [0.29, 0.717) is 24.8 Å². The van der Waals surface area contributed by atoms with Crippen LogP contribution in [0.4, 0.5) is 0 Å². The van der Waals surface area contributed by atoms with Gasteiger partial charge in [0.1, 0.15) is 0 Å². The second-order valence-electron chi connectivity index (χ2n) is 6.01. The summed E-state index contributed by atoms with van der Waals surface area (Å²) in [6.07, 6.45) is 1.39. The van der Waals surface area contributed by atoms with E-state index in [2.05, 4.69) is 46.9 Å². The Labute approximate surface area is 179 Å². The van der Waals surface area contributed by atoms with Gasteiger partial charge in [-0.3, -0.25) is 9.79 Å². The van der Waals surface area contributed by atoms with Crippen molar-refractivity contribution < 1.29 is 4.79 Å². The van der Waals surface area contributed by atoms with Gasteiger partial charge < -0.3 is 16.0 Å². The summed E-state index contributed by atoms with van der Waals surface area (Å²) in [5, 5.41) is 9.81. The molecule has 7 heteroatoms. The average molecular weight is 492 g/mol. The summed E-state index contributed by atoms with van der Waals surface area (Å²) < 4.78 is 0. The van der Waals surface area contributed by atoms with Crippen molar-refractivity contribution in [3.63, 3.8) is 0 Å². The number of nitrogens with one attached hydrogen (secondary N) is 3. The zero-order valence-electron chi connectivity index (χ0n) is 16.2. The highest BCUT2D eigenvalue weighted by Gasteiger charge is 2.07. The molecule has 0 radical (unpaired) electrons. The molecule has 1 rings (SSSR count). The fourth-order valence-electron chi connectivity index (χ4n) is 2.07. The Balaban J connectivity index is 0.00000625. The summed E-state index contributed by atoms with van der Waals surface area (Å²) in [6.45, 7) is 10.4. The Morgan fingerprint density at radius 2 is 1.85 bits per heavy atom. The molecule has 0 saturated carbocycles. The molecule has 0 heterocycles. The zero-order valence-corrected chi connectivity index (χ0v) is 19.4. The van der Waals surface area contributed by atoms with Crippen molar-refractivity contribution in [1.29, 1.82) is 0 Å². The molecule has 0 aliphatic rings. The van der Waals surface area contributed by atoms with E-state index in [-0.39, 0.29) is 35.9 Å². The Bertz CT molecular complexity index is 528. The lowest BCUT2D eigenvalue weighted by atomic mass is 10.2. The molecule has 0 aromatic heterocycles. The average Bonchev–Trinajstić information content (AvgIpc) is 2.60. The lowest BCUT2D eigenvalue weighted by Crippen LogP contribution is -2.40. The van der Waals surface area contributed by atoms with E-state index in [1.807, 2.05) is 43.8 Å². The van der Waals surface area contributed by atoms with E-state index in [9.17, 15) is 4.79 Å². The van der Waals surface area contributed by atoms with Crippen molar-refractivity contribution in [3.8, 4) is 0 Å². The van der Waals surface area contributed by atoms with Crippen LogP contribution in [0.15, 0.2) is 40.2 Å². The third-order valence-corrected chi connectivity index (χ3v) is 4.69. The van der Waals surface area contributed by atoms with Crippen LogP contribution >= 0.6 is 35.7 Å². The number of rotatable bonds is 10. The van der Waals surface area contributed by atoms with Crippen molar-refractivity contribution in [2.24, 2.45) is 4.99 Å². The maximum Gasteiger partial charge on any atom is 0.221 e. The van der Waals surface area contributed by atoms with Crippen molar-refractivity contribution >= 4 is 47.6 Å². The predicted octanol–water partition coefficient (Wildman–Crippen LogP) is 3.65. The third-order valence-electron chi connectivity index (χ3n) is 3.60. The molecule has 0 aliphatic carbocycles. The van der Waals surface area contributed by atoms with Gasteiger partial charge in [0.05, 0.1) is 6.54 Å². The van der Waals surface area contributed by atoms with Crippen LogP contribution in [-0.4, -0.2) is 42.8 Å². The van der Waals surface area contributed by atoms with Gasteiger partial charge in [0, 0.05) is 35.7 Å². The molecule has 0 aliphatic heterocycles. The molecule has 0 saturated heterocycles. The lowest BCUT2D eigenvalue weighted by Gasteiger charge is -2.14. The topological polar surface area (TPSA) is 65.5 Å². The first-order valence-electron chi connectivity index (χ1n) is 9.08. The van der Waals surface area contributed by atoms with Crippen LogP contribution in [0.5, 0.6) is 0 Å². The molecule has 5 nitrogen and oxygen atoms in total. The Morgan fingerprint density at radius 3 is 2.46 bits per heavy atom. The summed E-state index contributed by atoms with van der Waals surface area (Å²) in [6, 6.07) is 10.6. The maximum atomic E-state index is 11.8. The first-order valence-corrected chi connectivity index (χ1v) is 9.96. The van der Waals surface area contributed by atoms with Gasteiger partial charge in [-0.1, -0.05) is 32.0 Å². The number of carbonyl (C=O) groups is 1. The minimum absolute atomic E-state index is 0. The molecular formula is C19H33IN4OS. The molecule has 26 heavy (non-hydrogen) atoms. The number of amides is 1. The molecular weight excluding hydrogens is 459 g/mol. The quantitative estimate of drug-likeness (QED) is 0.202. The molecule has 2 atom stereocenters. The fraction of sp³-hybridized carbons (Fsp3) is 0.579. The minimum Gasteiger partial charge on any atom is -0.357 e. The number of nitrogens with zero attached hydrogens (tertiary/aromatic N) is 1. The van der Waals surface area contributed by atoms with Gasteiger partial charge in [0.25, 0.3) is 0 Å². The van der Waals surface area contributed by atoms with Crippen molar-refractivity contribution in [3.05, 3.63) is 30.3 Å². The van der Waals surface area contributed by atoms with Gasteiger partial charge in [0.15, 0.2) is 5.96 Å². The molecule has 1 aromatic rings. The van der Waals surface area contributed by atoms with E-state index in [1.54, 1.807) is 0 Å². The molecule has 148 valence electrons. The summed E-state index contributed by atoms with van der Waals surface area (Å²) >= 11 is 1.81. The van der Waals surface area contributed by atoms with E-state index in [0.717, 1.165) is 18.9 Å². The van der Waals surface area contributed by atoms with Gasteiger partial charge >= 0.3 is 0 Å². The number of aliphatic imine (C=N–C) groups is 1. The maximum absolute atomic E-state index is 11.8. The zero-order chi connectivity index (χ0) is 18.5.